The number of anilines is 3. The molecule has 0 radical (unpaired) electrons. The van der Waals surface area contributed by atoms with Gasteiger partial charge >= 0.3 is 0 Å². The number of furan rings is 1. The maximum atomic E-state index is 11.9. The number of rotatable bonds is 4. The van der Waals surface area contributed by atoms with E-state index in [1.165, 1.54) is 6.26 Å². The van der Waals surface area contributed by atoms with Crippen molar-refractivity contribution in [2.45, 2.75) is 0 Å². The first-order valence-electron chi connectivity index (χ1n) is 7.15. The molecule has 6 nitrogen and oxygen atoms in total. The molecule has 1 aromatic carbocycles. The fraction of sp³-hybridized carbons (Fsp3) is 0. The van der Waals surface area contributed by atoms with Crippen molar-refractivity contribution in [3.05, 3.63) is 72.8 Å². The summed E-state index contributed by atoms with van der Waals surface area (Å²) in [6.07, 6.45) is 3.14. The highest BCUT2D eigenvalue weighted by Crippen LogP contribution is 2.15. The average molecular weight is 338 g/mol. The summed E-state index contributed by atoms with van der Waals surface area (Å²) in [5.41, 5.74) is 1.45. The minimum absolute atomic E-state index is 0.262. The number of amides is 1. The van der Waals surface area contributed by atoms with Gasteiger partial charge in [0.05, 0.1) is 6.26 Å². The first-order chi connectivity index (χ1) is 11.7. The Morgan fingerprint density at radius 3 is 2.29 bits per heavy atom. The Balaban J connectivity index is 1.56. The summed E-state index contributed by atoms with van der Waals surface area (Å²) < 4.78 is 5.04. The number of hydrogen-bond acceptors (Lipinski definition) is 4. The lowest BCUT2D eigenvalue weighted by Gasteiger charge is -2.10. The van der Waals surface area contributed by atoms with Crippen LogP contribution in [0.3, 0.4) is 0 Å². The fourth-order valence-corrected chi connectivity index (χ4v) is 2.18. The van der Waals surface area contributed by atoms with Crippen LogP contribution >= 0.6 is 12.2 Å². The number of aromatic nitrogens is 1. The molecule has 0 spiro atoms. The fourth-order valence-electron chi connectivity index (χ4n) is 1.95. The van der Waals surface area contributed by atoms with Crippen molar-refractivity contribution in [2.75, 3.05) is 16.0 Å². The number of hydrogen-bond donors (Lipinski definition) is 3. The maximum absolute atomic E-state index is 11.9. The molecule has 0 atom stereocenters. The highest BCUT2D eigenvalue weighted by Gasteiger charge is 2.08. The molecule has 3 aromatic rings. The Hall–Kier alpha value is -3.19. The molecule has 3 rings (SSSR count). The molecule has 0 aliphatic carbocycles. The molecule has 0 bridgehead atoms. The lowest BCUT2D eigenvalue weighted by molar-refractivity contribution is 0.0996. The molecule has 2 heterocycles. The third kappa shape index (κ3) is 4.17. The van der Waals surface area contributed by atoms with Crippen LogP contribution in [0.15, 0.2) is 71.5 Å². The molecule has 2 aromatic heterocycles. The second-order valence-electron chi connectivity index (χ2n) is 4.80. The second-order valence-corrected chi connectivity index (χ2v) is 5.21. The number of benzene rings is 1. The highest BCUT2D eigenvalue weighted by molar-refractivity contribution is 7.80. The van der Waals surface area contributed by atoms with E-state index in [2.05, 4.69) is 20.9 Å². The molecule has 1 amide bonds. The van der Waals surface area contributed by atoms with Crippen LogP contribution in [0.25, 0.3) is 0 Å². The molecule has 0 aliphatic rings. The van der Waals surface area contributed by atoms with Gasteiger partial charge in [0, 0.05) is 17.6 Å². The SMILES string of the molecule is O=C(Nc1ccc(NC(=S)Nc2ccccn2)cc1)c1ccco1. The minimum Gasteiger partial charge on any atom is -0.459 e. The van der Waals surface area contributed by atoms with Gasteiger partial charge in [-0.2, -0.15) is 0 Å². The number of carbonyl (C=O) groups excluding carboxylic acids is 1. The Kier molecular flexibility index (Phi) is 4.83. The van der Waals surface area contributed by atoms with Gasteiger partial charge in [0.15, 0.2) is 10.9 Å². The predicted octanol–water partition coefficient (Wildman–Crippen LogP) is 3.74. The zero-order valence-electron chi connectivity index (χ0n) is 12.5. The molecular weight excluding hydrogens is 324 g/mol. The number of nitrogens with one attached hydrogen (secondary N) is 3. The summed E-state index contributed by atoms with van der Waals surface area (Å²) in [6.45, 7) is 0. The topological polar surface area (TPSA) is 79.2 Å². The first kappa shape index (κ1) is 15.7. The first-order valence-corrected chi connectivity index (χ1v) is 7.55. The van der Waals surface area contributed by atoms with Crippen LogP contribution in [0.1, 0.15) is 10.6 Å². The molecule has 0 fully saturated rings. The normalized spacial score (nSPS) is 10.0. The van der Waals surface area contributed by atoms with Crippen LogP contribution in [0.5, 0.6) is 0 Å². The van der Waals surface area contributed by atoms with Gasteiger partial charge in [-0.1, -0.05) is 6.07 Å². The van der Waals surface area contributed by atoms with Gasteiger partial charge in [-0.05, 0) is 60.7 Å². The van der Waals surface area contributed by atoms with E-state index in [1.807, 2.05) is 30.3 Å². The smallest absolute Gasteiger partial charge is 0.291 e. The maximum Gasteiger partial charge on any atom is 0.291 e. The molecule has 0 aliphatic heterocycles. The molecule has 120 valence electrons. The molecule has 7 heteroatoms. The van der Waals surface area contributed by atoms with E-state index in [-0.39, 0.29) is 11.7 Å². The predicted molar refractivity (Wildman–Crippen MR) is 97.2 cm³/mol. The number of carbonyl (C=O) groups is 1. The standard InChI is InChI=1S/C17H14N4O2S/c22-16(14-4-3-11-23-14)19-12-6-8-13(9-7-12)20-17(24)21-15-5-1-2-10-18-15/h1-11H,(H,19,22)(H2,18,20,21,24). The zero-order valence-corrected chi connectivity index (χ0v) is 13.3. The van der Waals surface area contributed by atoms with Crippen molar-refractivity contribution < 1.29 is 9.21 Å². The Bertz CT molecular complexity index is 818. The van der Waals surface area contributed by atoms with Crippen molar-refractivity contribution in [3.8, 4) is 0 Å². The van der Waals surface area contributed by atoms with Gasteiger partial charge in [-0.25, -0.2) is 4.98 Å². The largest absolute Gasteiger partial charge is 0.459 e. The van der Waals surface area contributed by atoms with E-state index in [9.17, 15) is 4.79 Å². The van der Waals surface area contributed by atoms with Crippen LogP contribution in [0.4, 0.5) is 17.2 Å². The number of pyridine rings is 1. The van der Waals surface area contributed by atoms with Gasteiger partial charge in [0.1, 0.15) is 5.82 Å². The Morgan fingerprint density at radius 2 is 1.67 bits per heavy atom. The summed E-state index contributed by atoms with van der Waals surface area (Å²) in [7, 11) is 0. The van der Waals surface area contributed by atoms with Crippen LogP contribution < -0.4 is 16.0 Å². The van der Waals surface area contributed by atoms with Crippen molar-refractivity contribution in [1.29, 1.82) is 0 Å². The summed E-state index contributed by atoms with van der Waals surface area (Å²) in [6, 6.07) is 15.9. The highest BCUT2D eigenvalue weighted by atomic mass is 32.1. The Morgan fingerprint density at radius 1 is 0.917 bits per heavy atom. The van der Waals surface area contributed by atoms with Gasteiger partial charge in [-0.15, -0.1) is 0 Å². The van der Waals surface area contributed by atoms with Crippen molar-refractivity contribution in [3.63, 3.8) is 0 Å². The van der Waals surface area contributed by atoms with E-state index >= 15 is 0 Å². The van der Waals surface area contributed by atoms with Gasteiger partial charge in [0.2, 0.25) is 0 Å². The lowest BCUT2D eigenvalue weighted by atomic mass is 10.2. The van der Waals surface area contributed by atoms with E-state index in [0.717, 1.165) is 5.69 Å². The summed E-state index contributed by atoms with van der Waals surface area (Å²) in [5.74, 6) is 0.628. The molecule has 0 unspecified atom stereocenters. The van der Waals surface area contributed by atoms with Crippen LogP contribution in [0, 0.1) is 0 Å². The van der Waals surface area contributed by atoms with E-state index in [0.29, 0.717) is 16.6 Å². The molecule has 3 N–H and O–H groups in total. The van der Waals surface area contributed by atoms with Crippen LogP contribution in [0.2, 0.25) is 0 Å². The van der Waals surface area contributed by atoms with Gasteiger partial charge in [-0.3, -0.25) is 4.79 Å². The summed E-state index contributed by atoms with van der Waals surface area (Å²) >= 11 is 5.23. The third-order valence-electron chi connectivity index (χ3n) is 3.05. The number of thiocarbonyl (C=S) groups is 1. The molecule has 0 saturated carbocycles. The van der Waals surface area contributed by atoms with Crippen molar-refractivity contribution >= 4 is 40.4 Å². The van der Waals surface area contributed by atoms with Gasteiger partial charge in [0.25, 0.3) is 5.91 Å². The monoisotopic (exact) mass is 338 g/mol. The molecule has 0 saturated heterocycles. The van der Waals surface area contributed by atoms with Crippen LogP contribution in [-0.2, 0) is 0 Å². The van der Waals surface area contributed by atoms with Crippen molar-refractivity contribution in [2.24, 2.45) is 0 Å². The van der Waals surface area contributed by atoms with E-state index in [1.54, 1.807) is 30.5 Å². The van der Waals surface area contributed by atoms with E-state index < -0.39 is 0 Å². The van der Waals surface area contributed by atoms with Gasteiger partial charge < -0.3 is 20.4 Å². The van der Waals surface area contributed by atoms with Crippen molar-refractivity contribution in [1.82, 2.24) is 4.98 Å². The van der Waals surface area contributed by atoms with E-state index in [4.69, 9.17) is 16.6 Å². The zero-order chi connectivity index (χ0) is 16.8. The average Bonchev–Trinajstić information content (AvgIpc) is 3.12. The quantitative estimate of drug-likeness (QED) is 0.629. The lowest BCUT2D eigenvalue weighted by Crippen LogP contribution is -2.19. The molecule has 24 heavy (non-hydrogen) atoms. The third-order valence-corrected chi connectivity index (χ3v) is 3.26. The number of nitrogens with zero attached hydrogens (tertiary/aromatic N) is 1. The molecular formula is C17H14N4O2S. The Labute approximate surface area is 143 Å². The minimum atomic E-state index is -0.298. The summed E-state index contributed by atoms with van der Waals surface area (Å²) in [4.78, 5) is 16.0. The summed E-state index contributed by atoms with van der Waals surface area (Å²) in [5, 5.41) is 9.21. The van der Waals surface area contributed by atoms with Crippen LogP contribution in [-0.4, -0.2) is 16.0 Å². The second kappa shape index (κ2) is 7.38.